The summed E-state index contributed by atoms with van der Waals surface area (Å²) in [5.41, 5.74) is 8.41. The monoisotopic (exact) mass is 513 g/mol. The summed E-state index contributed by atoms with van der Waals surface area (Å²) in [4.78, 5) is 53.2. The Morgan fingerprint density at radius 3 is 2.67 bits per heavy atom. The van der Waals surface area contributed by atoms with E-state index in [0.717, 1.165) is 28.1 Å². The zero-order valence-electron chi connectivity index (χ0n) is 18.9. The lowest BCUT2D eigenvalue weighted by atomic mass is 9.96. The Morgan fingerprint density at radius 2 is 2.00 bits per heavy atom. The highest BCUT2D eigenvalue weighted by atomic mass is 35.5. The van der Waals surface area contributed by atoms with E-state index in [1.165, 1.54) is 18.9 Å². The van der Waals surface area contributed by atoms with Crippen LogP contribution in [0.2, 0.25) is 0 Å². The molecule has 13 nitrogen and oxygen atoms in total. The number of methoxy groups -OCH3 is 1. The molecule has 36 heavy (non-hydrogen) atoms. The number of benzene rings is 1. The minimum absolute atomic E-state index is 0.0394. The van der Waals surface area contributed by atoms with Crippen molar-refractivity contribution in [3.05, 3.63) is 79.0 Å². The molecule has 0 unspecified atom stereocenters. The summed E-state index contributed by atoms with van der Waals surface area (Å²) in [6, 6.07) is 7.27. The van der Waals surface area contributed by atoms with Crippen molar-refractivity contribution in [1.82, 2.24) is 24.6 Å². The molecule has 2 aromatic heterocycles. The average molecular weight is 514 g/mol. The second-order valence-corrected chi connectivity index (χ2v) is 8.10. The van der Waals surface area contributed by atoms with E-state index >= 15 is 0 Å². The number of carbonyl (C=O) groups is 2. The summed E-state index contributed by atoms with van der Waals surface area (Å²) in [7, 11) is 1.19. The van der Waals surface area contributed by atoms with Crippen LogP contribution >= 0.6 is 11.8 Å². The predicted octanol–water partition coefficient (Wildman–Crippen LogP) is 0.280. The van der Waals surface area contributed by atoms with E-state index in [1.807, 2.05) is 11.0 Å². The van der Waals surface area contributed by atoms with Gasteiger partial charge >= 0.3 is 11.9 Å². The molecule has 14 heteroatoms. The van der Waals surface area contributed by atoms with Crippen LogP contribution in [-0.2, 0) is 24.2 Å². The van der Waals surface area contributed by atoms with Crippen molar-refractivity contribution in [1.29, 1.82) is 0 Å². The van der Waals surface area contributed by atoms with Gasteiger partial charge in [-0.3, -0.25) is 9.59 Å². The molecule has 4 aromatic rings. The van der Waals surface area contributed by atoms with Gasteiger partial charge in [0.1, 0.15) is 11.4 Å². The average Bonchev–Trinajstić information content (AvgIpc) is 3.37. The summed E-state index contributed by atoms with van der Waals surface area (Å²) in [5, 5.41) is 15.9. The molecule has 1 aliphatic heterocycles. The first-order valence-electron chi connectivity index (χ1n) is 10.6. The Bertz CT molecular complexity index is 1540. The van der Waals surface area contributed by atoms with Crippen molar-refractivity contribution in [2.45, 2.75) is 19.5 Å². The molecule has 0 saturated heterocycles. The van der Waals surface area contributed by atoms with Gasteiger partial charge in [0.2, 0.25) is 0 Å². The number of anilines is 2. The highest BCUT2D eigenvalue weighted by Crippen LogP contribution is 2.26. The van der Waals surface area contributed by atoms with E-state index in [-0.39, 0.29) is 22.7 Å². The van der Waals surface area contributed by atoms with Crippen molar-refractivity contribution < 1.29 is 19.4 Å². The third-order valence-electron chi connectivity index (χ3n) is 5.67. The number of carboxylic acids is 1. The van der Waals surface area contributed by atoms with Crippen LogP contribution in [-0.4, -0.2) is 50.5 Å². The first-order chi connectivity index (χ1) is 17.2. The fourth-order valence-electron chi connectivity index (χ4n) is 3.88. The maximum Gasteiger partial charge on any atom is 0.356 e. The number of ether oxygens (including phenoxy) is 1. The molecule has 0 aliphatic carbocycles. The fraction of sp³-hybridized carbons (Fsp3) is 0.227. The number of rotatable bonds is 5. The Morgan fingerprint density at radius 1 is 1.22 bits per heavy atom. The maximum atomic E-state index is 11.6. The number of esters is 1. The van der Waals surface area contributed by atoms with Gasteiger partial charge in [-0.2, -0.15) is 4.52 Å². The number of aromatic carboxylic acids is 1. The van der Waals surface area contributed by atoms with Gasteiger partial charge in [0, 0.05) is 25.7 Å². The molecule has 0 radical (unpaired) electrons. The van der Waals surface area contributed by atoms with Gasteiger partial charge in [-0.15, -0.1) is 5.10 Å². The molecule has 0 atom stereocenters. The molecule has 0 fully saturated rings. The third kappa shape index (κ3) is 4.61. The van der Waals surface area contributed by atoms with Crippen LogP contribution in [0.4, 0.5) is 11.4 Å². The zero-order chi connectivity index (χ0) is 26.0. The van der Waals surface area contributed by atoms with Gasteiger partial charge in [0.05, 0.1) is 13.3 Å². The Hall–Kier alpha value is -4.36. The first-order valence-corrected chi connectivity index (χ1v) is 10.9. The van der Waals surface area contributed by atoms with Crippen LogP contribution in [0.15, 0.2) is 40.1 Å². The van der Waals surface area contributed by atoms with Gasteiger partial charge < -0.3 is 20.5 Å². The Balaban J connectivity index is 0.000000174. The molecule has 0 bridgehead atoms. The molecule has 186 valence electrons. The largest absolute Gasteiger partial charge is 0.477 e. The number of carbonyl (C=O) groups excluding carboxylic acids is 1. The number of carboxylic acid groups (broad SMARTS) is 1. The molecule has 0 spiro atoms. The number of aromatic nitrogens is 4. The van der Waals surface area contributed by atoms with E-state index in [2.05, 4.69) is 37.0 Å². The highest BCUT2D eigenvalue weighted by molar-refractivity contribution is 6.13. The van der Waals surface area contributed by atoms with E-state index < -0.39 is 22.8 Å². The standard InChI is InChI=1S/C14H14ClN3O2.C8H6N4O4/c15-17-6-8-1-2-9-3-4-18(7-10(9)5-8)12-11(16)13(19)14(12)20;1-16-8(15)5-2-4(7(13)14)10-6-3-9-11-12(5)6/h1-2,5,17H,3-4,6-7,16H2;2-3H,1H3,(H,13,14). The number of nitrogens with one attached hydrogen (secondary N) is 1. The molecular formula is C22H20ClN7O6. The second-order valence-electron chi connectivity index (χ2n) is 7.83. The Labute approximate surface area is 207 Å². The second kappa shape index (κ2) is 10.1. The molecule has 2 aromatic carbocycles. The quantitative estimate of drug-likeness (QED) is 0.188. The van der Waals surface area contributed by atoms with E-state index in [1.54, 1.807) is 0 Å². The van der Waals surface area contributed by atoms with Gasteiger partial charge in [-0.05, 0) is 34.9 Å². The van der Waals surface area contributed by atoms with Crippen LogP contribution in [0.1, 0.15) is 37.7 Å². The smallest absolute Gasteiger partial charge is 0.356 e. The van der Waals surface area contributed by atoms with Crippen LogP contribution < -0.4 is 26.3 Å². The lowest BCUT2D eigenvalue weighted by Gasteiger charge is -2.31. The number of fused-ring (bicyclic) bond motifs is 2. The van der Waals surface area contributed by atoms with E-state index in [9.17, 15) is 19.2 Å². The fourth-order valence-corrected chi connectivity index (χ4v) is 4.04. The van der Waals surface area contributed by atoms with Crippen LogP contribution in [0.3, 0.4) is 0 Å². The van der Waals surface area contributed by atoms with Crippen molar-refractivity contribution in [2.75, 3.05) is 24.3 Å². The van der Waals surface area contributed by atoms with Gasteiger partial charge in [0.15, 0.2) is 17.0 Å². The summed E-state index contributed by atoms with van der Waals surface area (Å²) in [5.74, 6) is -1.95. The lowest BCUT2D eigenvalue weighted by Crippen LogP contribution is -2.44. The van der Waals surface area contributed by atoms with Gasteiger partial charge in [-0.25, -0.2) is 19.4 Å². The van der Waals surface area contributed by atoms with Crippen molar-refractivity contribution in [3.8, 4) is 0 Å². The highest BCUT2D eigenvalue weighted by Gasteiger charge is 2.26. The molecule has 3 heterocycles. The summed E-state index contributed by atoms with van der Waals surface area (Å²) in [6.45, 7) is 1.88. The normalized spacial score (nSPS) is 12.7. The summed E-state index contributed by atoms with van der Waals surface area (Å²) >= 11 is 5.52. The number of halogens is 1. The number of nitrogen functional groups attached to an aromatic ring is 1. The molecule has 4 N–H and O–H groups in total. The van der Waals surface area contributed by atoms with Crippen LogP contribution in [0.25, 0.3) is 5.65 Å². The van der Waals surface area contributed by atoms with Gasteiger partial charge in [-0.1, -0.05) is 23.4 Å². The van der Waals surface area contributed by atoms with Crippen LogP contribution in [0.5, 0.6) is 0 Å². The first kappa shape index (κ1) is 24.8. The minimum Gasteiger partial charge on any atom is -0.477 e. The van der Waals surface area contributed by atoms with Crippen molar-refractivity contribution in [2.24, 2.45) is 0 Å². The van der Waals surface area contributed by atoms with E-state index in [4.69, 9.17) is 22.6 Å². The predicted molar refractivity (Wildman–Crippen MR) is 129 cm³/mol. The number of nitrogens with two attached hydrogens (primary N) is 1. The maximum absolute atomic E-state index is 11.6. The molecule has 0 amide bonds. The number of hydrogen-bond acceptors (Lipinski definition) is 11. The summed E-state index contributed by atoms with van der Waals surface area (Å²) < 4.78 is 5.61. The molecule has 5 rings (SSSR count). The summed E-state index contributed by atoms with van der Waals surface area (Å²) in [6.07, 6.45) is 2.08. The van der Waals surface area contributed by atoms with Crippen LogP contribution in [0, 0.1) is 0 Å². The van der Waals surface area contributed by atoms with Crippen molar-refractivity contribution in [3.63, 3.8) is 0 Å². The molecule has 0 saturated carbocycles. The number of nitrogens with zero attached hydrogens (tertiary/aromatic N) is 5. The molecule has 1 aliphatic rings. The third-order valence-corrected chi connectivity index (χ3v) is 5.81. The minimum atomic E-state index is -1.24. The van der Waals surface area contributed by atoms with Crippen molar-refractivity contribution >= 4 is 40.7 Å². The number of hydrogen-bond donors (Lipinski definition) is 3. The topological polar surface area (TPSA) is 182 Å². The zero-order valence-corrected chi connectivity index (χ0v) is 19.7. The molecular weight excluding hydrogens is 494 g/mol. The van der Waals surface area contributed by atoms with Gasteiger partial charge in [0.25, 0.3) is 10.9 Å². The Kier molecular flexibility index (Phi) is 6.94. The SMILES string of the molecule is COC(=O)c1cc(C(=O)O)nc2cnnn12.Nc1c(N2CCc3ccc(CNCl)cc3C2)c(=O)c1=O. The lowest BCUT2D eigenvalue weighted by molar-refractivity contribution is 0.0590. The van der Waals surface area contributed by atoms with E-state index in [0.29, 0.717) is 25.3 Å².